The smallest absolute Gasteiger partial charge is 0.00861 e. The van der Waals surface area contributed by atoms with Crippen molar-refractivity contribution in [1.82, 2.24) is 0 Å². The molecule has 0 aromatic heterocycles. The lowest BCUT2D eigenvalue weighted by Crippen LogP contribution is -2.17. The fourth-order valence-electron chi connectivity index (χ4n) is 1.10. The second-order valence-electron chi connectivity index (χ2n) is 3.04. The first-order chi connectivity index (χ1) is 5.72. The number of nitrogens with two attached hydrogens (primary N) is 1. The second-order valence-corrected chi connectivity index (χ2v) is 3.28. The third-order valence-electron chi connectivity index (χ3n) is 1.67. The first-order valence-electron chi connectivity index (χ1n) is 4.02. The maximum Gasteiger partial charge on any atom is 0.00861 e. The molecule has 0 heterocycles. The monoisotopic (exact) mass is 179 g/mol. The van der Waals surface area contributed by atoms with Gasteiger partial charge in [0, 0.05) is 11.4 Å². The Labute approximate surface area is 78.6 Å². The first kappa shape index (κ1) is 9.36. The van der Waals surface area contributed by atoms with Gasteiger partial charge in [0.1, 0.15) is 0 Å². The van der Waals surface area contributed by atoms with Crippen LogP contribution >= 0.6 is 12.2 Å². The van der Waals surface area contributed by atoms with Crippen LogP contribution in [0.3, 0.4) is 0 Å². The average molecular weight is 179 g/mol. The zero-order valence-electron chi connectivity index (χ0n) is 7.16. The van der Waals surface area contributed by atoms with Crippen molar-refractivity contribution in [3.8, 4) is 0 Å². The second kappa shape index (κ2) is 4.33. The predicted molar refractivity (Wildman–Crippen MR) is 56.6 cm³/mol. The molecule has 2 heteroatoms. The summed E-state index contributed by atoms with van der Waals surface area (Å²) in [6, 6.07) is 8.40. The highest BCUT2D eigenvalue weighted by atomic mass is 32.1. The van der Waals surface area contributed by atoms with E-state index >= 15 is 0 Å². The van der Waals surface area contributed by atoms with Gasteiger partial charge in [0.15, 0.2) is 0 Å². The Hall–Kier alpha value is -0.730. The minimum absolute atomic E-state index is 0.225. The summed E-state index contributed by atoms with van der Waals surface area (Å²) >= 11 is 4.80. The summed E-state index contributed by atoms with van der Waals surface area (Å²) in [4.78, 5) is 0. The fourth-order valence-corrected chi connectivity index (χ4v) is 1.26. The standard InChI is InChI=1S/C10H13NS/c1-8(11)6-9-2-4-10(7-12)5-3-9/h2-5,7-8H,6,11H2,1H3/t8-/m1/s1. The van der Waals surface area contributed by atoms with Gasteiger partial charge in [-0.05, 0) is 24.5 Å². The van der Waals surface area contributed by atoms with Gasteiger partial charge < -0.3 is 5.73 Å². The van der Waals surface area contributed by atoms with Gasteiger partial charge in [-0.3, -0.25) is 0 Å². The van der Waals surface area contributed by atoms with Gasteiger partial charge in [-0.1, -0.05) is 36.5 Å². The molecule has 0 radical (unpaired) electrons. The van der Waals surface area contributed by atoms with E-state index in [4.69, 9.17) is 18.0 Å². The lowest BCUT2D eigenvalue weighted by molar-refractivity contribution is 0.738. The van der Waals surface area contributed by atoms with Gasteiger partial charge in [-0.15, -0.1) is 0 Å². The van der Waals surface area contributed by atoms with Crippen molar-refractivity contribution >= 4 is 17.6 Å². The molecule has 1 aromatic carbocycles. The SMILES string of the molecule is C[C@@H](N)Cc1ccc(C=S)cc1. The molecular weight excluding hydrogens is 166 g/mol. The molecule has 0 amide bonds. The molecule has 0 bridgehead atoms. The van der Waals surface area contributed by atoms with E-state index in [-0.39, 0.29) is 6.04 Å². The molecule has 1 aromatic rings. The maximum atomic E-state index is 5.67. The van der Waals surface area contributed by atoms with Crippen molar-refractivity contribution in [2.24, 2.45) is 5.73 Å². The maximum absolute atomic E-state index is 5.67. The van der Waals surface area contributed by atoms with Crippen LogP contribution in [-0.2, 0) is 6.42 Å². The highest BCUT2D eigenvalue weighted by molar-refractivity contribution is 7.79. The molecular formula is C10H13NS. The number of thiocarbonyl (C=S) groups is 1. The molecule has 0 spiro atoms. The number of benzene rings is 1. The molecule has 0 aliphatic carbocycles. The minimum Gasteiger partial charge on any atom is -0.328 e. The van der Waals surface area contributed by atoms with Crippen LogP contribution in [0.2, 0.25) is 0 Å². The fraction of sp³-hybridized carbons (Fsp3) is 0.300. The van der Waals surface area contributed by atoms with E-state index in [2.05, 4.69) is 12.1 Å². The molecule has 1 atom stereocenters. The van der Waals surface area contributed by atoms with E-state index in [0.717, 1.165) is 12.0 Å². The predicted octanol–water partition coefficient (Wildman–Crippen LogP) is 1.92. The summed E-state index contributed by atoms with van der Waals surface area (Å²) in [6.07, 6.45) is 0.928. The van der Waals surface area contributed by atoms with Crippen molar-refractivity contribution in [2.45, 2.75) is 19.4 Å². The van der Waals surface area contributed by atoms with Gasteiger partial charge in [0.2, 0.25) is 0 Å². The highest BCUT2D eigenvalue weighted by Gasteiger charge is 1.96. The van der Waals surface area contributed by atoms with E-state index < -0.39 is 0 Å². The highest BCUT2D eigenvalue weighted by Crippen LogP contribution is 2.04. The molecule has 0 unspecified atom stereocenters. The van der Waals surface area contributed by atoms with Gasteiger partial charge in [-0.25, -0.2) is 0 Å². The Morgan fingerprint density at radius 2 is 2.00 bits per heavy atom. The zero-order chi connectivity index (χ0) is 8.97. The summed E-state index contributed by atoms with van der Waals surface area (Å²) in [5.74, 6) is 0. The molecule has 0 saturated heterocycles. The van der Waals surface area contributed by atoms with Crippen LogP contribution in [0.4, 0.5) is 0 Å². The molecule has 0 fully saturated rings. The van der Waals surface area contributed by atoms with Crippen LogP contribution in [0.25, 0.3) is 0 Å². The van der Waals surface area contributed by atoms with Crippen molar-refractivity contribution in [3.05, 3.63) is 35.4 Å². The Morgan fingerprint density at radius 1 is 1.42 bits per heavy atom. The first-order valence-corrected chi connectivity index (χ1v) is 4.49. The van der Waals surface area contributed by atoms with E-state index in [9.17, 15) is 0 Å². The molecule has 12 heavy (non-hydrogen) atoms. The largest absolute Gasteiger partial charge is 0.328 e. The summed E-state index contributed by atoms with van der Waals surface area (Å²) in [6.45, 7) is 2.01. The Bertz CT molecular complexity index is 251. The minimum atomic E-state index is 0.225. The number of hydrogen-bond acceptors (Lipinski definition) is 2. The number of rotatable bonds is 3. The third-order valence-corrected chi connectivity index (χ3v) is 1.95. The van der Waals surface area contributed by atoms with E-state index in [0.29, 0.717) is 0 Å². The van der Waals surface area contributed by atoms with Gasteiger partial charge >= 0.3 is 0 Å². The zero-order valence-corrected chi connectivity index (χ0v) is 7.97. The molecule has 64 valence electrons. The van der Waals surface area contributed by atoms with Gasteiger partial charge in [0.25, 0.3) is 0 Å². The number of hydrogen-bond donors (Lipinski definition) is 1. The van der Waals surface area contributed by atoms with E-state index in [1.54, 1.807) is 5.37 Å². The quantitative estimate of drug-likeness (QED) is 0.717. The van der Waals surface area contributed by atoms with E-state index in [1.165, 1.54) is 5.56 Å². The summed E-state index contributed by atoms with van der Waals surface area (Å²) in [7, 11) is 0. The average Bonchev–Trinajstić information content (AvgIpc) is 2.05. The van der Waals surface area contributed by atoms with E-state index in [1.807, 2.05) is 19.1 Å². The molecule has 1 rings (SSSR count). The third kappa shape index (κ3) is 2.72. The van der Waals surface area contributed by atoms with Gasteiger partial charge in [-0.2, -0.15) is 0 Å². The van der Waals surface area contributed by atoms with Crippen LogP contribution in [0.1, 0.15) is 18.1 Å². The topological polar surface area (TPSA) is 26.0 Å². The molecule has 0 aliphatic rings. The summed E-state index contributed by atoms with van der Waals surface area (Å²) in [5, 5.41) is 1.68. The molecule has 0 aliphatic heterocycles. The van der Waals surface area contributed by atoms with Crippen molar-refractivity contribution in [2.75, 3.05) is 0 Å². The van der Waals surface area contributed by atoms with Crippen molar-refractivity contribution < 1.29 is 0 Å². The van der Waals surface area contributed by atoms with Crippen LogP contribution in [0, 0.1) is 0 Å². The molecule has 2 N–H and O–H groups in total. The lowest BCUT2D eigenvalue weighted by atomic mass is 10.1. The molecule has 1 nitrogen and oxygen atoms in total. The van der Waals surface area contributed by atoms with Crippen LogP contribution < -0.4 is 5.73 Å². The summed E-state index contributed by atoms with van der Waals surface area (Å²) in [5.41, 5.74) is 8.02. The molecule has 0 saturated carbocycles. The van der Waals surface area contributed by atoms with Crippen LogP contribution in [0.15, 0.2) is 24.3 Å². The van der Waals surface area contributed by atoms with Crippen LogP contribution in [-0.4, -0.2) is 11.4 Å². The van der Waals surface area contributed by atoms with Crippen molar-refractivity contribution in [3.63, 3.8) is 0 Å². The van der Waals surface area contributed by atoms with Crippen LogP contribution in [0.5, 0.6) is 0 Å². The lowest BCUT2D eigenvalue weighted by Gasteiger charge is -2.04. The Balaban J connectivity index is 2.71. The summed E-state index contributed by atoms with van der Waals surface area (Å²) < 4.78 is 0. The Kier molecular flexibility index (Phi) is 3.38. The van der Waals surface area contributed by atoms with Gasteiger partial charge in [0.05, 0.1) is 0 Å². The Morgan fingerprint density at radius 3 is 2.42 bits per heavy atom. The van der Waals surface area contributed by atoms with Crippen molar-refractivity contribution in [1.29, 1.82) is 0 Å². The normalized spacial score (nSPS) is 12.5.